The molecule has 2 aromatic carbocycles. The Bertz CT molecular complexity index is 1010. The van der Waals surface area contributed by atoms with Crippen LogP contribution in [0.3, 0.4) is 0 Å². The fourth-order valence-electron chi connectivity index (χ4n) is 3.79. The standard InChI is InChI=1S/C11H10BrFO3.C11H12BrFO2.C6H16Si.C2H6/c12-10-5-7(13)1-3-9(10)11(16)4-2-8(15)6-14;12-10-5-7(13)1-3-9(10)11-4-2-8(14)6-15-11;1-4-7(5-2)6-3;1-2/h1,3,5,14H,2,4,6H2;1,3,5,8,11,14H,2,4,6H2;7H,4-6H2,1-3H3;1-2H3. The maximum atomic E-state index is 12.9. The number of carbonyl (C=O) groups is 2. The van der Waals surface area contributed by atoms with Crippen molar-refractivity contribution in [3.05, 3.63) is 68.1 Å². The second-order valence-corrected chi connectivity index (χ2v) is 14.9. The third-order valence-electron chi connectivity index (χ3n) is 6.33. The van der Waals surface area contributed by atoms with E-state index in [1.807, 2.05) is 13.8 Å². The van der Waals surface area contributed by atoms with E-state index in [1.165, 1.54) is 48.5 Å². The molecular weight excluding hydrogens is 666 g/mol. The summed E-state index contributed by atoms with van der Waals surface area (Å²) >= 11 is 6.39. The van der Waals surface area contributed by atoms with Gasteiger partial charge in [0.15, 0.2) is 11.6 Å². The number of Topliss-reactive ketones (excluding diaryl/α,β-unsaturated/α-hetero) is 2. The maximum Gasteiger partial charge on any atom is 0.164 e. The van der Waals surface area contributed by atoms with E-state index >= 15 is 0 Å². The number of benzene rings is 2. The summed E-state index contributed by atoms with van der Waals surface area (Å²) in [5.41, 5.74) is 1.29. The number of ether oxygens (including phenoxy) is 1. The number of rotatable bonds is 9. The number of carbonyl (C=O) groups excluding carboxylic acids is 2. The van der Waals surface area contributed by atoms with Gasteiger partial charge in [0.05, 0.1) is 18.8 Å². The smallest absolute Gasteiger partial charge is 0.164 e. The van der Waals surface area contributed by atoms with Gasteiger partial charge in [-0.05, 0) is 64.7 Å². The maximum absolute atomic E-state index is 12.9. The van der Waals surface area contributed by atoms with Gasteiger partial charge >= 0.3 is 0 Å². The summed E-state index contributed by atoms with van der Waals surface area (Å²) < 4.78 is 32.2. The Morgan fingerprint density at radius 3 is 1.90 bits per heavy atom. The number of hydrogen-bond donors (Lipinski definition) is 2. The van der Waals surface area contributed by atoms with E-state index in [-0.39, 0.29) is 51.2 Å². The molecule has 2 N–H and O–H groups in total. The monoisotopic (exact) mass is 708 g/mol. The number of aliphatic hydroxyl groups is 2. The van der Waals surface area contributed by atoms with Crippen molar-refractivity contribution in [3.63, 3.8) is 0 Å². The van der Waals surface area contributed by atoms with Gasteiger partial charge in [-0.3, -0.25) is 9.59 Å². The molecule has 0 amide bonds. The topological polar surface area (TPSA) is 83.8 Å². The molecule has 1 aliphatic rings. The van der Waals surface area contributed by atoms with Gasteiger partial charge in [-0.1, -0.05) is 74.7 Å². The predicted molar refractivity (Wildman–Crippen MR) is 168 cm³/mol. The molecule has 226 valence electrons. The first-order chi connectivity index (χ1) is 19.1. The molecule has 5 nitrogen and oxygen atoms in total. The molecule has 3 rings (SSSR count). The van der Waals surface area contributed by atoms with E-state index in [9.17, 15) is 23.5 Å². The van der Waals surface area contributed by atoms with Crippen molar-refractivity contribution in [2.45, 2.75) is 90.6 Å². The Morgan fingerprint density at radius 2 is 1.48 bits per heavy atom. The van der Waals surface area contributed by atoms with Crippen LogP contribution in [-0.4, -0.2) is 49.9 Å². The van der Waals surface area contributed by atoms with Crippen LogP contribution in [0.2, 0.25) is 18.1 Å². The van der Waals surface area contributed by atoms with Crippen LogP contribution < -0.4 is 0 Å². The summed E-state index contributed by atoms with van der Waals surface area (Å²) in [4.78, 5) is 22.4. The fourth-order valence-corrected chi connectivity index (χ4v) is 6.70. The summed E-state index contributed by atoms with van der Waals surface area (Å²) in [5.74, 6) is -1.34. The molecular formula is C30H44Br2F2O5Si. The quantitative estimate of drug-likeness (QED) is 0.203. The Labute approximate surface area is 256 Å². The highest BCUT2D eigenvalue weighted by Crippen LogP contribution is 2.33. The third-order valence-corrected chi connectivity index (χ3v) is 11.1. The second-order valence-electron chi connectivity index (χ2n) is 9.05. The van der Waals surface area contributed by atoms with Crippen LogP contribution in [0.15, 0.2) is 45.3 Å². The third kappa shape index (κ3) is 15.1. The Balaban J connectivity index is 0.000000591. The molecule has 2 aromatic rings. The highest BCUT2D eigenvalue weighted by Gasteiger charge is 2.23. The largest absolute Gasteiger partial charge is 0.391 e. The molecule has 2 atom stereocenters. The molecule has 40 heavy (non-hydrogen) atoms. The van der Waals surface area contributed by atoms with Gasteiger partial charge < -0.3 is 14.9 Å². The summed E-state index contributed by atoms with van der Waals surface area (Å²) in [6, 6.07) is 12.8. The van der Waals surface area contributed by atoms with Crippen molar-refractivity contribution >= 4 is 52.2 Å². The molecule has 0 saturated carbocycles. The lowest BCUT2D eigenvalue weighted by Crippen LogP contribution is -2.24. The van der Waals surface area contributed by atoms with Crippen LogP contribution in [0.4, 0.5) is 8.78 Å². The number of halogens is 4. The minimum Gasteiger partial charge on any atom is -0.391 e. The molecule has 0 aliphatic carbocycles. The van der Waals surface area contributed by atoms with Gasteiger partial charge in [-0.2, -0.15) is 0 Å². The first kappa shape index (κ1) is 38.7. The fraction of sp³-hybridized carbons (Fsp3) is 0.533. The summed E-state index contributed by atoms with van der Waals surface area (Å²) in [7, 11) is -0.171. The van der Waals surface area contributed by atoms with E-state index in [1.54, 1.807) is 6.07 Å². The molecule has 1 fully saturated rings. The normalized spacial score (nSPS) is 16.0. The van der Waals surface area contributed by atoms with Gasteiger partial charge in [0.1, 0.15) is 18.2 Å². The highest BCUT2D eigenvalue weighted by atomic mass is 79.9. The van der Waals surface area contributed by atoms with Gasteiger partial charge in [0.25, 0.3) is 0 Å². The van der Waals surface area contributed by atoms with Crippen LogP contribution in [0.5, 0.6) is 0 Å². The molecule has 1 heterocycles. The zero-order chi connectivity index (χ0) is 30.7. The summed E-state index contributed by atoms with van der Waals surface area (Å²) in [5, 5.41) is 17.8. The molecule has 1 saturated heterocycles. The van der Waals surface area contributed by atoms with Crippen molar-refractivity contribution in [3.8, 4) is 0 Å². The van der Waals surface area contributed by atoms with Gasteiger partial charge in [-0.15, -0.1) is 0 Å². The lowest BCUT2D eigenvalue weighted by atomic mass is 10.0. The molecule has 2 unspecified atom stereocenters. The number of aliphatic hydroxyl groups excluding tert-OH is 2. The highest BCUT2D eigenvalue weighted by molar-refractivity contribution is 9.10. The Hall–Kier alpha value is -1.30. The number of ketones is 2. The molecule has 0 radical (unpaired) electrons. The molecule has 10 heteroatoms. The summed E-state index contributed by atoms with van der Waals surface area (Å²) in [6.45, 7) is 10.8. The van der Waals surface area contributed by atoms with E-state index in [2.05, 4.69) is 52.6 Å². The van der Waals surface area contributed by atoms with Crippen LogP contribution >= 0.6 is 31.9 Å². The first-order valence-electron chi connectivity index (χ1n) is 13.9. The van der Waals surface area contributed by atoms with Crippen molar-refractivity contribution in [1.29, 1.82) is 0 Å². The SMILES string of the molecule is CC.CC[SiH](CC)CC.O=C(CO)CCC(=O)c1ccc(F)cc1Br.OC1CCC(c2ccc(F)cc2Br)OC1. The Kier molecular flexibility index (Phi) is 21.6. The van der Waals surface area contributed by atoms with Crippen LogP contribution in [0.1, 0.15) is 82.3 Å². The van der Waals surface area contributed by atoms with Gasteiger partial charge in [0, 0.05) is 36.1 Å². The zero-order valence-electron chi connectivity index (χ0n) is 24.2. The molecule has 0 bridgehead atoms. The van der Waals surface area contributed by atoms with Gasteiger partial charge in [-0.25, -0.2) is 8.78 Å². The van der Waals surface area contributed by atoms with Crippen molar-refractivity contribution in [2.24, 2.45) is 0 Å². The minimum atomic E-state index is -0.558. The van der Waals surface area contributed by atoms with E-state index in [0.29, 0.717) is 16.6 Å². The Morgan fingerprint density at radius 1 is 0.925 bits per heavy atom. The van der Waals surface area contributed by atoms with Crippen LogP contribution in [-0.2, 0) is 9.53 Å². The number of hydrogen-bond acceptors (Lipinski definition) is 5. The average Bonchev–Trinajstić information content (AvgIpc) is 2.95. The van der Waals surface area contributed by atoms with E-state index in [4.69, 9.17) is 9.84 Å². The molecule has 0 spiro atoms. The summed E-state index contributed by atoms with van der Waals surface area (Å²) in [6.07, 6.45) is 1.12. The second kappa shape index (κ2) is 22.3. The predicted octanol–water partition coefficient (Wildman–Crippen LogP) is 8.21. The van der Waals surface area contributed by atoms with E-state index < -0.39 is 12.4 Å². The van der Waals surface area contributed by atoms with E-state index in [0.717, 1.165) is 22.9 Å². The van der Waals surface area contributed by atoms with Crippen molar-refractivity contribution in [2.75, 3.05) is 13.2 Å². The van der Waals surface area contributed by atoms with Crippen molar-refractivity contribution < 1.29 is 33.3 Å². The van der Waals surface area contributed by atoms with Crippen LogP contribution in [0.25, 0.3) is 0 Å². The average molecular weight is 711 g/mol. The minimum absolute atomic E-state index is 0.000843. The van der Waals surface area contributed by atoms with Crippen molar-refractivity contribution in [1.82, 2.24) is 0 Å². The molecule has 0 aromatic heterocycles. The molecule has 1 aliphatic heterocycles. The zero-order valence-corrected chi connectivity index (χ0v) is 28.5. The lowest BCUT2D eigenvalue weighted by molar-refractivity contribution is -0.121. The van der Waals surface area contributed by atoms with Gasteiger partial charge in [0.2, 0.25) is 0 Å². The lowest BCUT2D eigenvalue weighted by Gasteiger charge is -2.27. The first-order valence-corrected chi connectivity index (χ1v) is 17.9. The van der Waals surface area contributed by atoms with Crippen LogP contribution in [0, 0.1) is 11.6 Å².